The van der Waals surface area contributed by atoms with E-state index in [0.717, 1.165) is 32.1 Å². The van der Waals surface area contributed by atoms with Crippen LogP contribution in [0, 0.1) is 11.3 Å². The lowest BCUT2D eigenvalue weighted by Gasteiger charge is -2.01. The number of allylic oxidation sites excluding steroid dienone is 1. The van der Waals surface area contributed by atoms with Crippen molar-refractivity contribution in [2.45, 2.75) is 46.0 Å². The van der Waals surface area contributed by atoms with Crippen molar-refractivity contribution >= 4 is 5.97 Å². The average Bonchev–Trinajstić information content (AvgIpc) is 2.24. The van der Waals surface area contributed by atoms with Crippen molar-refractivity contribution < 1.29 is 9.53 Å². The number of nitriles is 1. The van der Waals surface area contributed by atoms with Gasteiger partial charge in [-0.15, -0.1) is 0 Å². The molecule has 0 unspecified atom stereocenters. The highest BCUT2D eigenvalue weighted by Gasteiger charge is 2.08. The first-order valence-electron chi connectivity index (χ1n) is 5.53. The second-order valence-corrected chi connectivity index (χ2v) is 3.36. The first-order chi connectivity index (χ1) is 7.26. The third-order valence-electron chi connectivity index (χ3n) is 1.98. The van der Waals surface area contributed by atoms with Gasteiger partial charge in [0, 0.05) is 0 Å². The van der Waals surface area contributed by atoms with Crippen LogP contribution in [0.5, 0.6) is 0 Å². The highest BCUT2D eigenvalue weighted by molar-refractivity contribution is 5.92. The molecule has 0 saturated carbocycles. The summed E-state index contributed by atoms with van der Waals surface area (Å²) < 4.78 is 4.94. The largest absolute Gasteiger partial charge is 0.462 e. The van der Waals surface area contributed by atoms with Gasteiger partial charge in [0.1, 0.15) is 11.6 Å². The summed E-state index contributed by atoms with van der Waals surface area (Å²) in [7, 11) is 0. The summed E-state index contributed by atoms with van der Waals surface area (Å²) in [6.07, 6.45) is 6.31. The van der Waals surface area contributed by atoms with Crippen LogP contribution < -0.4 is 0 Å². The zero-order chi connectivity index (χ0) is 11.5. The Morgan fingerprint density at radius 1 is 1.33 bits per heavy atom. The lowest BCUT2D eigenvalue weighted by Crippen LogP contribution is -2.07. The molecule has 0 aliphatic rings. The molecule has 0 fully saturated rings. The van der Waals surface area contributed by atoms with Crippen LogP contribution in [-0.2, 0) is 9.53 Å². The summed E-state index contributed by atoms with van der Waals surface area (Å²) in [5.41, 5.74) is 0.138. The van der Waals surface area contributed by atoms with Gasteiger partial charge in [0.05, 0.1) is 6.61 Å². The van der Waals surface area contributed by atoms with E-state index in [-0.39, 0.29) is 5.57 Å². The fourth-order valence-corrected chi connectivity index (χ4v) is 1.01. The minimum atomic E-state index is -0.484. The molecule has 0 heterocycles. The minimum absolute atomic E-state index is 0.138. The molecule has 0 aromatic carbocycles. The number of hydrogen-bond acceptors (Lipinski definition) is 3. The summed E-state index contributed by atoms with van der Waals surface area (Å²) in [5.74, 6) is -0.484. The van der Waals surface area contributed by atoms with Crippen molar-refractivity contribution in [3.8, 4) is 6.07 Å². The number of hydrogen-bond donors (Lipinski definition) is 0. The molecule has 0 rings (SSSR count). The van der Waals surface area contributed by atoms with E-state index in [2.05, 4.69) is 6.92 Å². The summed E-state index contributed by atoms with van der Waals surface area (Å²) in [4.78, 5) is 11.3. The van der Waals surface area contributed by atoms with Crippen LogP contribution >= 0.6 is 0 Å². The predicted octanol–water partition coefficient (Wildman–Crippen LogP) is 2.97. The molecule has 0 aliphatic heterocycles. The van der Waals surface area contributed by atoms with Gasteiger partial charge in [-0.1, -0.05) is 39.2 Å². The molecule has 3 heteroatoms. The second-order valence-electron chi connectivity index (χ2n) is 3.36. The molecule has 0 bridgehead atoms. The molecule has 0 spiro atoms. The number of unbranched alkanes of at least 4 members (excludes halogenated alkanes) is 3. The monoisotopic (exact) mass is 209 g/mol. The van der Waals surface area contributed by atoms with Gasteiger partial charge in [-0.3, -0.25) is 0 Å². The van der Waals surface area contributed by atoms with Crippen molar-refractivity contribution in [2.75, 3.05) is 6.61 Å². The predicted molar refractivity (Wildman–Crippen MR) is 59.1 cm³/mol. The molecule has 84 valence electrons. The Labute approximate surface area is 91.7 Å². The van der Waals surface area contributed by atoms with E-state index in [9.17, 15) is 4.79 Å². The van der Waals surface area contributed by atoms with E-state index in [0.29, 0.717) is 6.61 Å². The molecule has 0 N–H and O–H groups in total. The molecule has 15 heavy (non-hydrogen) atoms. The molecule has 0 amide bonds. The standard InChI is InChI=1S/C12H19NO2/c1-3-5-7-8-11(10-13)12(14)15-9-6-4-2/h8H,3-7,9H2,1-2H3/b11-8+. The van der Waals surface area contributed by atoms with Crippen LogP contribution in [0.3, 0.4) is 0 Å². The van der Waals surface area contributed by atoms with E-state index in [1.807, 2.05) is 13.0 Å². The Morgan fingerprint density at radius 2 is 2.00 bits per heavy atom. The minimum Gasteiger partial charge on any atom is -0.462 e. The molecule has 0 aromatic rings. The lowest BCUT2D eigenvalue weighted by atomic mass is 10.2. The van der Waals surface area contributed by atoms with Crippen molar-refractivity contribution in [1.29, 1.82) is 5.26 Å². The SMILES string of the molecule is CCCC/C=C(\C#N)C(=O)OCCCC. The Hall–Kier alpha value is -1.30. The van der Waals surface area contributed by atoms with Crippen LogP contribution in [0.2, 0.25) is 0 Å². The number of rotatable bonds is 7. The van der Waals surface area contributed by atoms with Crippen molar-refractivity contribution in [3.63, 3.8) is 0 Å². The first kappa shape index (κ1) is 13.7. The van der Waals surface area contributed by atoms with Crippen LogP contribution in [0.25, 0.3) is 0 Å². The third-order valence-corrected chi connectivity index (χ3v) is 1.98. The van der Waals surface area contributed by atoms with E-state index in [4.69, 9.17) is 10.00 Å². The van der Waals surface area contributed by atoms with Crippen molar-refractivity contribution in [2.24, 2.45) is 0 Å². The second kappa shape index (κ2) is 9.26. The Kier molecular flexibility index (Phi) is 8.46. The zero-order valence-electron chi connectivity index (χ0n) is 9.58. The molecular weight excluding hydrogens is 190 g/mol. The summed E-state index contributed by atoms with van der Waals surface area (Å²) in [6, 6.07) is 1.87. The molecule has 3 nitrogen and oxygen atoms in total. The topological polar surface area (TPSA) is 50.1 Å². The number of carbonyl (C=O) groups excluding carboxylic acids is 1. The number of carbonyl (C=O) groups is 1. The van der Waals surface area contributed by atoms with E-state index < -0.39 is 5.97 Å². The summed E-state index contributed by atoms with van der Waals surface area (Å²) >= 11 is 0. The molecule has 0 aliphatic carbocycles. The van der Waals surface area contributed by atoms with E-state index in [1.54, 1.807) is 6.08 Å². The van der Waals surface area contributed by atoms with Gasteiger partial charge in [0.2, 0.25) is 0 Å². The number of nitrogens with zero attached hydrogens (tertiary/aromatic N) is 1. The average molecular weight is 209 g/mol. The van der Waals surface area contributed by atoms with Crippen LogP contribution in [-0.4, -0.2) is 12.6 Å². The quantitative estimate of drug-likeness (QED) is 0.280. The highest BCUT2D eigenvalue weighted by atomic mass is 16.5. The van der Waals surface area contributed by atoms with Crippen LogP contribution in [0.15, 0.2) is 11.6 Å². The molecule has 0 aromatic heterocycles. The smallest absolute Gasteiger partial charge is 0.348 e. The maximum atomic E-state index is 11.3. The van der Waals surface area contributed by atoms with Gasteiger partial charge >= 0.3 is 5.97 Å². The maximum Gasteiger partial charge on any atom is 0.348 e. The fourth-order valence-electron chi connectivity index (χ4n) is 1.01. The van der Waals surface area contributed by atoms with Crippen molar-refractivity contribution in [3.05, 3.63) is 11.6 Å². The van der Waals surface area contributed by atoms with Crippen LogP contribution in [0.1, 0.15) is 46.0 Å². The van der Waals surface area contributed by atoms with Gasteiger partial charge in [0.25, 0.3) is 0 Å². The zero-order valence-corrected chi connectivity index (χ0v) is 9.58. The van der Waals surface area contributed by atoms with Gasteiger partial charge in [-0.2, -0.15) is 5.26 Å². The van der Waals surface area contributed by atoms with Crippen LogP contribution in [0.4, 0.5) is 0 Å². The van der Waals surface area contributed by atoms with Gasteiger partial charge < -0.3 is 4.74 Å². The Bertz CT molecular complexity index is 251. The Balaban J connectivity index is 4.00. The number of ether oxygens (including phenoxy) is 1. The lowest BCUT2D eigenvalue weighted by molar-refractivity contribution is -0.138. The maximum absolute atomic E-state index is 11.3. The Morgan fingerprint density at radius 3 is 2.53 bits per heavy atom. The fraction of sp³-hybridized carbons (Fsp3) is 0.667. The van der Waals surface area contributed by atoms with Gasteiger partial charge in [-0.25, -0.2) is 4.79 Å². The number of esters is 1. The molecular formula is C12H19NO2. The van der Waals surface area contributed by atoms with Gasteiger partial charge in [0.15, 0.2) is 0 Å². The third kappa shape index (κ3) is 6.73. The molecule has 0 radical (unpaired) electrons. The normalized spacial score (nSPS) is 10.9. The van der Waals surface area contributed by atoms with Gasteiger partial charge in [-0.05, 0) is 12.8 Å². The highest BCUT2D eigenvalue weighted by Crippen LogP contribution is 2.03. The van der Waals surface area contributed by atoms with E-state index in [1.165, 1.54) is 0 Å². The summed E-state index contributed by atoms with van der Waals surface area (Å²) in [6.45, 7) is 4.50. The molecule has 0 atom stereocenters. The molecule has 0 saturated heterocycles. The first-order valence-corrected chi connectivity index (χ1v) is 5.53. The van der Waals surface area contributed by atoms with E-state index >= 15 is 0 Å². The summed E-state index contributed by atoms with van der Waals surface area (Å²) in [5, 5.41) is 8.73. The van der Waals surface area contributed by atoms with Crippen molar-refractivity contribution in [1.82, 2.24) is 0 Å².